The molecule has 3 aromatic heterocycles. The highest BCUT2D eigenvalue weighted by atomic mass is 32.1. The molecule has 162 valence electrons. The zero-order valence-electron chi connectivity index (χ0n) is 17.6. The smallest absolute Gasteiger partial charge is 0.350 e. The molecule has 2 N–H and O–H groups in total. The highest BCUT2D eigenvalue weighted by Gasteiger charge is 2.23. The van der Waals surface area contributed by atoms with Crippen LogP contribution < -0.4 is 10.9 Å². The van der Waals surface area contributed by atoms with Crippen molar-refractivity contribution in [3.05, 3.63) is 87.7 Å². The topological polar surface area (TPSA) is 99.9 Å². The number of aromatic nitrogens is 2. The molecule has 5 aromatic rings. The number of benzene rings is 2. The fourth-order valence-electron chi connectivity index (χ4n) is 3.79. The minimum Gasteiger partial charge on any atom is -0.462 e. The molecule has 0 radical (unpaired) electrons. The maximum atomic E-state index is 13.0. The van der Waals surface area contributed by atoms with E-state index >= 15 is 0 Å². The molecule has 3 heterocycles. The third-order valence-corrected chi connectivity index (χ3v) is 6.48. The van der Waals surface area contributed by atoms with Crippen molar-refractivity contribution in [2.24, 2.45) is 0 Å². The zero-order valence-corrected chi connectivity index (χ0v) is 18.4. The number of carbonyl (C=O) groups excluding carboxylic acids is 1. The third kappa shape index (κ3) is 3.54. The predicted octanol–water partition coefficient (Wildman–Crippen LogP) is 5.33. The lowest BCUT2D eigenvalue weighted by molar-refractivity contribution is 0.0533. The van der Waals surface area contributed by atoms with Crippen molar-refractivity contribution in [2.45, 2.75) is 6.92 Å². The first kappa shape index (κ1) is 20.5. The van der Waals surface area contributed by atoms with Crippen LogP contribution in [0.1, 0.15) is 22.2 Å². The summed E-state index contributed by atoms with van der Waals surface area (Å²) in [6.45, 7) is 1.96. The van der Waals surface area contributed by atoms with Gasteiger partial charge in [0.25, 0.3) is 5.56 Å². The average molecular weight is 455 g/mol. The number of fused-ring (bicyclic) bond motifs is 2. The Morgan fingerprint density at radius 1 is 1.18 bits per heavy atom. The van der Waals surface area contributed by atoms with E-state index in [1.165, 1.54) is 17.4 Å². The number of hydrogen-bond donors (Lipinski definition) is 2. The quantitative estimate of drug-likeness (QED) is 0.350. The molecular formula is C25H18N4O3S. The molecular weight excluding hydrogens is 436 g/mol. The third-order valence-electron chi connectivity index (χ3n) is 5.30. The molecule has 0 spiro atoms. The number of anilines is 2. The number of pyridine rings is 1. The fraction of sp³-hybridized carbons (Fsp3) is 0.0800. The van der Waals surface area contributed by atoms with E-state index in [9.17, 15) is 14.9 Å². The van der Waals surface area contributed by atoms with Crippen LogP contribution in [0.15, 0.2) is 71.7 Å². The number of nitriles is 1. The number of ether oxygens (including phenoxy) is 1. The summed E-state index contributed by atoms with van der Waals surface area (Å²) in [5.41, 5.74) is 2.96. The van der Waals surface area contributed by atoms with Gasteiger partial charge in [-0.15, -0.1) is 11.3 Å². The number of nitrogens with one attached hydrogen (secondary N) is 2. The Morgan fingerprint density at radius 2 is 2.03 bits per heavy atom. The van der Waals surface area contributed by atoms with Crippen LogP contribution >= 0.6 is 11.3 Å². The van der Waals surface area contributed by atoms with Gasteiger partial charge in [-0.25, -0.2) is 4.79 Å². The van der Waals surface area contributed by atoms with Crippen LogP contribution in [0, 0.1) is 11.3 Å². The van der Waals surface area contributed by atoms with E-state index < -0.39 is 5.97 Å². The summed E-state index contributed by atoms with van der Waals surface area (Å²) in [6, 6.07) is 20.0. The van der Waals surface area contributed by atoms with Gasteiger partial charge in [0.05, 0.1) is 29.2 Å². The first-order valence-electron chi connectivity index (χ1n) is 10.3. The summed E-state index contributed by atoms with van der Waals surface area (Å²) in [5.74, 6) is -0.490. The Labute approximate surface area is 192 Å². The second-order valence-corrected chi connectivity index (χ2v) is 8.28. The molecule has 0 unspecified atom stereocenters. The molecule has 0 saturated heterocycles. The van der Waals surface area contributed by atoms with Gasteiger partial charge in [-0.05, 0) is 49.4 Å². The highest BCUT2D eigenvalue weighted by molar-refractivity contribution is 7.21. The molecule has 0 amide bonds. The molecule has 8 heteroatoms. The van der Waals surface area contributed by atoms with Gasteiger partial charge < -0.3 is 15.0 Å². The van der Waals surface area contributed by atoms with Crippen molar-refractivity contribution in [3.63, 3.8) is 0 Å². The molecule has 0 fully saturated rings. The lowest BCUT2D eigenvalue weighted by atomic mass is 10.1. The fourth-order valence-corrected chi connectivity index (χ4v) is 4.96. The normalized spacial score (nSPS) is 10.9. The van der Waals surface area contributed by atoms with Crippen LogP contribution in [0.2, 0.25) is 0 Å². The lowest BCUT2D eigenvalue weighted by Crippen LogP contribution is -2.16. The Hall–Kier alpha value is -4.35. The number of para-hydroxylation sites is 1. The molecule has 0 bridgehead atoms. The van der Waals surface area contributed by atoms with Crippen LogP contribution in [0.3, 0.4) is 0 Å². The number of aromatic amines is 1. The Balaban J connectivity index is 1.76. The van der Waals surface area contributed by atoms with Crippen LogP contribution in [0.5, 0.6) is 0 Å². The van der Waals surface area contributed by atoms with Gasteiger partial charge in [-0.2, -0.15) is 5.26 Å². The van der Waals surface area contributed by atoms with E-state index in [2.05, 4.69) is 16.4 Å². The average Bonchev–Trinajstić information content (AvgIpc) is 3.44. The molecule has 5 rings (SSSR count). The first-order valence-corrected chi connectivity index (χ1v) is 11.1. The Kier molecular flexibility index (Phi) is 5.17. The summed E-state index contributed by atoms with van der Waals surface area (Å²) in [7, 11) is 0. The van der Waals surface area contributed by atoms with Crippen molar-refractivity contribution in [1.82, 2.24) is 9.55 Å². The number of thiophene rings is 1. The molecule has 0 aliphatic heterocycles. The maximum Gasteiger partial charge on any atom is 0.350 e. The van der Waals surface area contributed by atoms with Gasteiger partial charge in [0, 0.05) is 28.6 Å². The summed E-state index contributed by atoms with van der Waals surface area (Å²) in [5, 5.41) is 14.4. The molecule has 0 aliphatic rings. The molecule has 2 aromatic carbocycles. The lowest BCUT2D eigenvalue weighted by Gasteiger charge is -2.10. The minimum absolute atomic E-state index is 0.210. The van der Waals surface area contributed by atoms with Gasteiger partial charge in [-0.3, -0.25) is 9.36 Å². The van der Waals surface area contributed by atoms with Crippen LogP contribution in [-0.4, -0.2) is 22.1 Å². The van der Waals surface area contributed by atoms with Gasteiger partial charge >= 0.3 is 5.97 Å². The van der Waals surface area contributed by atoms with Crippen LogP contribution in [0.4, 0.5) is 11.4 Å². The second kappa shape index (κ2) is 8.30. The molecule has 7 nitrogen and oxygen atoms in total. The van der Waals surface area contributed by atoms with E-state index in [0.29, 0.717) is 37.7 Å². The first-order chi connectivity index (χ1) is 16.1. The number of carbonyl (C=O) groups is 1. The van der Waals surface area contributed by atoms with Crippen molar-refractivity contribution in [1.29, 1.82) is 5.26 Å². The summed E-state index contributed by atoms with van der Waals surface area (Å²) < 4.78 is 6.88. The predicted molar refractivity (Wildman–Crippen MR) is 130 cm³/mol. The molecule has 0 aliphatic carbocycles. The number of H-pyrrole nitrogens is 1. The number of nitrogens with zero attached hydrogens (tertiary/aromatic N) is 2. The molecule has 33 heavy (non-hydrogen) atoms. The van der Waals surface area contributed by atoms with Crippen molar-refractivity contribution in [3.8, 4) is 11.8 Å². The van der Waals surface area contributed by atoms with Crippen molar-refractivity contribution in [2.75, 3.05) is 11.9 Å². The Morgan fingerprint density at radius 3 is 2.85 bits per heavy atom. The van der Waals surface area contributed by atoms with E-state index in [0.717, 1.165) is 10.9 Å². The van der Waals surface area contributed by atoms with Crippen LogP contribution in [-0.2, 0) is 4.74 Å². The number of hydrogen-bond acceptors (Lipinski definition) is 6. The van der Waals surface area contributed by atoms with Gasteiger partial charge in [0.15, 0.2) is 0 Å². The second-order valence-electron chi connectivity index (χ2n) is 7.28. The number of rotatable bonds is 5. The standard InChI is InChI=1S/C25H18N4O3S/c1-2-32-25(31)23-22(28-20-6-4-3-5-16(20)14-26)18-8-10-21(30)29(24(18)33-23)17-7-9-19-15(13-17)11-12-27-19/h3-13,27-28H,2H2,1H3. The molecule has 0 saturated carbocycles. The zero-order chi connectivity index (χ0) is 22.9. The van der Waals surface area contributed by atoms with Crippen LogP contribution in [0.25, 0.3) is 26.8 Å². The van der Waals surface area contributed by atoms with E-state index in [-0.39, 0.29) is 12.2 Å². The van der Waals surface area contributed by atoms with E-state index in [4.69, 9.17) is 4.74 Å². The maximum absolute atomic E-state index is 13.0. The Bertz CT molecular complexity index is 1620. The van der Waals surface area contributed by atoms with Gasteiger partial charge in [-0.1, -0.05) is 12.1 Å². The summed E-state index contributed by atoms with van der Waals surface area (Å²) in [4.78, 5) is 29.9. The monoisotopic (exact) mass is 454 g/mol. The summed E-state index contributed by atoms with van der Waals surface area (Å²) >= 11 is 1.18. The van der Waals surface area contributed by atoms with Crippen molar-refractivity contribution < 1.29 is 9.53 Å². The van der Waals surface area contributed by atoms with Gasteiger partial charge in [0.2, 0.25) is 0 Å². The largest absolute Gasteiger partial charge is 0.462 e. The highest BCUT2D eigenvalue weighted by Crippen LogP contribution is 2.39. The molecule has 0 atom stereocenters. The SMILES string of the molecule is CCOC(=O)c1sc2c(ccc(=O)n2-c2ccc3[nH]ccc3c2)c1Nc1ccccc1C#N. The summed E-state index contributed by atoms with van der Waals surface area (Å²) in [6.07, 6.45) is 1.84. The van der Waals surface area contributed by atoms with Crippen molar-refractivity contribution >= 4 is 49.8 Å². The number of esters is 1. The van der Waals surface area contributed by atoms with E-state index in [1.807, 2.05) is 36.5 Å². The van der Waals surface area contributed by atoms with E-state index in [1.54, 1.807) is 35.8 Å². The minimum atomic E-state index is -0.490. The van der Waals surface area contributed by atoms with Gasteiger partial charge in [0.1, 0.15) is 15.8 Å².